The van der Waals surface area contributed by atoms with Crippen LogP contribution in [0.3, 0.4) is 0 Å². The number of hydrogen-bond donors (Lipinski definition) is 2. The summed E-state index contributed by atoms with van der Waals surface area (Å²) in [4.78, 5) is 35.5. The van der Waals surface area contributed by atoms with E-state index in [-0.39, 0.29) is 11.8 Å². The van der Waals surface area contributed by atoms with Gasteiger partial charge in [-0.3, -0.25) is 24.6 Å². The summed E-state index contributed by atoms with van der Waals surface area (Å²) in [5.74, 6) is -1.04. The molecule has 0 aromatic heterocycles. The summed E-state index contributed by atoms with van der Waals surface area (Å²) in [6.07, 6.45) is 4.56. The van der Waals surface area contributed by atoms with Crippen molar-refractivity contribution in [2.75, 3.05) is 6.54 Å². The lowest BCUT2D eigenvalue weighted by atomic mass is 9.94. The molecule has 2 aliphatic rings. The Morgan fingerprint density at radius 2 is 1.90 bits per heavy atom. The molecule has 1 saturated carbocycles. The highest BCUT2D eigenvalue weighted by atomic mass is 16.4. The fraction of sp³-hybridized carbons (Fsp3) is 0.786. The lowest BCUT2D eigenvalue weighted by Gasteiger charge is -2.26. The average Bonchev–Trinajstić information content (AvgIpc) is 3.13. The Morgan fingerprint density at radius 1 is 1.30 bits per heavy atom. The van der Waals surface area contributed by atoms with E-state index in [1.54, 1.807) is 6.92 Å². The standard InChI is InChI=1S/C14H22N2O4/c1-14(13(19)20,15-10-4-5-10)8-2-3-9-16-11(17)6-7-12(16)18/h10,15H,2-9H2,1H3,(H,19,20). The molecule has 0 bridgehead atoms. The molecule has 0 aromatic rings. The van der Waals surface area contributed by atoms with Crippen molar-refractivity contribution in [1.82, 2.24) is 10.2 Å². The number of carboxylic acid groups (broad SMARTS) is 1. The fourth-order valence-electron chi connectivity index (χ4n) is 2.54. The van der Waals surface area contributed by atoms with Crippen LogP contribution >= 0.6 is 0 Å². The molecule has 2 rings (SSSR count). The number of nitrogens with zero attached hydrogens (tertiary/aromatic N) is 1. The number of carboxylic acids is 1. The first kappa shape index (κ1) is 15.0. The Balaban J connectivity index is 1.74. The Kier molecular flexibility index (Phi) is 4.42. The van der Waals surface area contributed by atoms with Gasteiger partial charge < -0.3 is 5.11 Å². The van der Waals surface area contributed by atoms with Crippen LogP contribution in [0.1, 0.15) is 51.9 Å². The number of nitrogens with one attached hydrogen (secondary N) is 1. The Morgan fingerprint density at radius 3 is 2.40 bits per heavy atom. The monoisotopic (exact) mass is 282 g/mol. The van der Waals surface area contributed by atoms with Crippen molar-refractivity contribution in [3.8, 4) is 0 Å². The minimum Gasteiger partial charge on any atom is -0.480 e. The zero-order valence-electron chi connectivity index (χ0n) is 11.9. The molecule has 0 aromatic carbocycles. The van der Waals surface area contributed by atoms with E-state index in [0.717, 1.165) is 12.8 Å². The average molecular weight is 282 g/mol. The summed E-state index contributed by atoms with van der Waals surface area (Å²) in [7, 11) is 0. The van der Waals surface area contributed by atoms with Gasteiger partial charge in [-0.1, -0.05) is 0 Å². The van der Waals surface area contributed by atoms with Crippen LogP contribution in [0, 0.1) is 0 Å². The van der Waals surface area contributed by atoms with Crippen molar-refractivity contribution in [3.05, 3.63) is 0 Å². The Hall–Kier alpha value is -1.43. The van der Waals surface area contributed by atoms with Crippen molar-refractivity contribution in [2.24, 2.45) is 0 Å². The number of aliphatic carboxylic acids is 1. The SMILES string of the molecule is CC(CCCCN1C(=O)CCC1=O)(NC1CC1)C(=O)O. The normalized spacial score (nSPS) is 22.1. The van der Waals surface area contributed by atoms with Gasteiger partial charge in [-0.2, -0.15) is 0 Å². The van der Waals surface area contributed by atoms with E-state index in [2.05, 4.69) is 5.32 Å². The molecule has 1 saturated heterocycles. The van der Waals surface area contributed by atoms with E-state index < -0.39 is 11.5 Å². The zero-order chi connectivity index (χ0) is 14.8. The van der Waals surface area contributed by atoms with Gasteiger partial charge in [0.25, 0.3) is 0 Å². The molecule has 1 atom stereocenters. The molecule has 1 aliphatic carbocycles. The van der Waals surface area contributed by atoms with Crippen LogP contribution in [0.2, 0.25) is 0 Å². The molecule has 1 unspecified atom stereocenters. The zero-order valence-corrected chi connectivity index (χ0v) is 11.9. The van der Waals surface area contributed by atoms with Gasteiger partial charge >= 0.3 is 5.97 Å². The van der Waals surface area contributed by atoms with Gasteiger partial charge in [0, 0.05) is 25.4 Å². The largest absolute Gasteiger partial charge is 0.480 e. The molecule has 1 heterocycles. The minimum atomic E-state index is -0.903. The number of imide groups is 1. The van der Waals surface area contributed by atoms with Gasteiger partial charge in [0.05, 0.1) is 0 Å². The van der Waals surface area contributed by atoms with Crippen LogP contribution < -0.4 is 5.32 Å². The Bertz CT molecular complexity index is 403. The number of amides is 2. The van der Waals surface area contributed by atoms with Crippen molar-refractivity contribution in [3.63, 3.8) is 0 Å². The highest BCUT2D eigenvalue weighted by Gasteiger charge is 2.38. The lowest BCUT2D eigenvalue weighted by molar-refractivity contribution is -0.145. The second-order valence-electron chi connectivity index (χ2n) is 5.95. The van der Waals surface area contributed by atoms with Gasteiger partial charge in [-0.15, -0.1) is 0 Å². The molecule has 6 heteroatoms. The number of unbranched alkanes of at least 4 members (excludes halogenated alkanes) is 1. The van der Waals surface area contributed by atoms with E-state index in [1.807, 2.05) is 0 Å². The highest BCUT2D eigenvalue weighted by molar-refractivity contribution is 6.01. The first-order valence-electron chi connectivity index (χ1n) is 7.27. The van der Waals surface area contributed by atoms with Crippen LogP contribution in [-0.2, 0) is 14.4 Å². The van der Waals surface area contributed by atoms with Crippen LogP contribution in [0.25, 0.3) is 0 Å². The minimum absolute atomic E-state index is 0.105. The predicted octanol–water partition coefficient (Wildman–Crippen LogP) is 0.901. The summed E-state index contributed by atoms with van der Waals surface area (Å²) in [5, 5.41) is 12.5. The predicted molar refractivity (Wildman–Crippen MR) is 72.0 cm³/mol. The summed E-state index contributed by atoms with van der Waals surface area (Å²) >= 11 is 0. The molecule has 2 N–H and O–H groups in total. The van der Waals surface area contributed by atoms with Gasteiger partial charge in [-0.05, 0) is 39.0 Å². The number of hydrogen-bond acceptors (Lipinski definition) is 4. The van der Waals surface area contributed by atoms with E-state index in [9.17, 15) is 19.5 Å². The van der Waals surface area contributed by atoms with Crippen molar-refractivity contribution in [2.45, 2.75) is 63.5 Å². The highest BCUT2D eigenvalue weighted by Crippen LogP contribution is 2.25. The summed E-state index contributed by atoms with van der Waals surface area (Å²) in [5.41, 5.74) is -0.903. The van der Waals surface area contributed by atoms with Crippen LogP contribution in [0.4, 0.5) is 0 Å². The molecule has 6 nitrogen and oxygen atoms in total. The first-order chi connectivity index (χ1) is 9.42. The quantitative estimate of drug-likeness (QED) is 0.510. The van der Waals surface area contributed by atoms with Crippen molar-refractivity contribution in [1.29, 1.82) is 0 Å². The third kappa shape index (κ3) is 3.56. The topological polar surface area (TPSA) is 86.7 Å². The number of carbonyl (C=O) groups excluding carboxylic acids is 2. The van der Waals surface area contributed by atoms with Gasteiger partial charge in [0.2, 0.25) is 11.8 Å². The van der Waals surface area contributed by atoms with Gasteiger partial charge in [-0.25, -0.2) is 0 Å². The van der Waals surface area contributed by atoms with Crippen LogP contribution in [-0.4, -0.2) is 45.9 Å². The molecule has 20 heavy (non-hydrogen) atoms. The third-order valence-corrected chi connectivity index (χ3v) is 4.04. The smallest absolute Gasteiger partial charge is 0.323 e. The molecule has 0 spiro atoms. The molecular weight excluding hydrogens is 260 g/mol. The number of rotatable bonds is 8. The molecule has 2 fully saturated rings. The maximum atomic E-state index is 11.4. The second kappa shape index (κ2) is 5.91. The van der Waals surface area contributed by atoms with E-state index in [0.29, 0.717) is 44.7 Å². The van der Waals surface area contributed by atoms with E-state index in [1.165, 1.54) is 4.90 Å². The summed E-state index contributed by atoms with van der Waals surface area (Å²) < 4.78 is 0. The number of likely N-dealkylation sites (tertiary alicyclic amines) is 1. The van der Waals surface area contributed by atoms with Crippen LogP contribution in [0.15, 0.2) is 0 Å². The van der Waals surface area contributed by atoms with Crippen molar-refractivity contribution >= 4 is 17.8 Å². The molecule has 2 amide bonds. The van der Waals surface area contributed by atoms with Crippen LogP contribution in [0.5, 0.6) is 0 Å². The fourth-order valence-corrected chi connectivity index (χ4v) is 2.54. The molecule has 112 valence electrons. The van der Waals surface area contributed by atoms with Gasteiger partial charge in [0.1, 0.15) is 5.54 Å². The first-order valence-corrected chi connectivity index (χ1v) is 7.27. The lowest BCUT2D eigenvalue weighted by Crippen LogP contribution is -2.50. The Labute approximate surface area is 118 Å². The number of carbonyl (C=O) groups is 3. The second-order valence-corrected chi connectivity index (χ2v) is 5.95. The summed E-state index contributed by atoms with van der Waals surface area (Å²) in [6.45, 7) is 2.12. The maximum Gasteiger partial charge on any atom is 0.323 e. The maximum absolute atomic E-state index is 11.4. The van der Waals surface area contributed by atoms with E-state index >= 15 is 0 Å². The van der Waals surface area contributed by atoms with Crippen molar-refractivity contribution < 1.29 is 19.5 Å². The molecule has 0 radical (unpaired) electrons. The molecular formula is C14H22N2O4. The third-order valence-electron chi connectivity index (χ3n) is 4.04. The van der Waals surface area contributed by atoms with Gasteiger partial charge in [0.15, 0.2) is 0 Å². The molecule has 1 aliphatic heterocycles. The van der Waals surface area contributed by atoms with E-state index in [4.69, 9.17) is 0 Å². The summed E-state index contributed by atoms with van der Waals surface area (Å²) in [6, 6.07) is 0.331.